The van der Waals surface area contributed by atoms with Gasteiger partial charge < -0.3 is 4.74 Å². The molecule has 27 heavy (non-hydrogen) atoms. The van der Waals surface area contributed by atoms with Crippen molar-refractivity contribution >= 4 is 33.4 Å². The van der Waals surface area contributed by atoms with Crippen LogP contribution in [0.2, 0.25) is 5.02 Å². The molecule has 0 aliphatic heterocycles. The number of nitrogens with one attached hydrogen (secondary N) is 1. The normalized spacial score (nSPS) is 12.4. The quantitative estimate of drug-likeness (QED) is 0.532. The smallest absolute Gasteiger partial charge is 0.338 e. The molecule has 1 N–H and O–H groups in total. The zero-order valence-corrected chi connectivity index (χ0v) is 16.5. The van der Waals surface area contributed by atoms with E-state index in [0.29, 0.717) is 17.0 Å². The summed E-state index contributed by atoms with van der Waals surface area (Å²) in [6, 6.07) is 11.4. The molecule has 0 fully saturated rings. The van der Waals surface area contributed by atoms with Crippen molar-refractivity contribution in [3.63, 3.8) is 0 Å². The Labute approximate surface area is 163 Å². The molecule has 0 saturated carbocycles. The van der Waals surface area contributed by atoms with Crippen LogP contribution in [-0.2, 0) is 14.8 Å². The second-order valence-electron chi connectivity index (χ2n) is 5.96. The molecule has 0 aliphatic carbocycles. The Morgan fingerprint density at radius 3 is 2.15 bits per heavy atom. The Hall–Kier alpha value is -2.22. The first-order valence-corrected chi connectivity index (χ1v) is 10.2. The van der Waals surface area contributed by atoms with E-state index in [4.69, 9.17) is 16.3 Å². The van der Waals surface area contributed by atoms with Crippen LogP contribution in [0.15, 0.2) is 53.4 Å². The lowest BCUT2D eigenvalue weighted by Gasteiger charge is -2.12. The van der Waals surface area contributed by atoms with Crippen LogP contribution in [0, 0.1) is 0 Å². The number of ether oxygens (including phenoxy) is 1. The van der Waals surface area contributed by atoms with E-state index < -0.39 is 22.6 Å². The molecular weight excluding hydrogens is 390 g/mol. The van der Waals surface area contributed by atoms with Crippen molar-refractivity contribution in [3.8, 4) is 0 Å². The highest BCUT2D eigenvalue weighted by Crippen LogP contribution is 2.13. The van der Waals surface area contributed by atoms with E-state index >= 15 is 0 Å². The van der Waals surface area contributed by atoms with Gasteiger partial charge in [-0.05, 0) is 61.9 Å². The first-order chi connectivity index (χ1) is 12.7. The van der Waals surface area contributed by atoms with Crippen LogP contribution in [0.4, 0.5) is 0 Å². The van der Waals surface area contributed by atoms with Gasteiger partial charge in [-0.25, -0.2) is 17.9 Å². The Bertz CT molecular complexity index is 908. The van der Waals surface area contributed by atoms with Crippen LogP contribution in [-0.4, -0.2) is 32.8 Å². The lowest BCUT2D eigenvalue weighted by Crippen LogP contribution is -2.32. The standard InChI is InChI=1S/C19H20ClNO5S/c1-3-13(2)21-27(24,25)17-10-6-15(7-11-17)19(23)26-12-18(22)14-4-8-16(20)9-5-14/h4-11,13,21H,3,12H2,1-2H3. The first-order valence-electron chi connectivity index (χ1n) is 8.31. The molecule has 8 heteroatoms. The van der Waals surface area contributed by atoms with Gasteiger partial charge in [0.1, 0.15) is 0 Å². The molecule has 0 aliphatic rings. The SMILES string of the molecule is CCC(C)NS(=O)(=O)c1ccc(C(=O)OCC(=O)c2ccc(Cl)cc2)cc1. The zero-order valence-electron chi connectivity index (χ0n) is 14.9. The molecular formula is C19H20ClNO5S. The second kappa shape index (κ2) is 9.12. The van der Waals surface area contributed by atoms with Gasteiger partial charge in [0, 0.05) is 16.6 Å². The monoisotopic (exact) mass is 409 g/mol. The highest BCUT2D eigenvalue weighted by Gasteiger charge is 2.18. The Morgan fingerprint density at radius 2 is 1.59 bits per heavy atom. The number of ketones is 1. The van der Waals surface area contributed by atoms with E-state index in [1.54, 1.807) is 31.2 Å². The number of rotatable bonds is 8. The number of benzene rings is 2. The molecule has 0 saturated heterocycles. The minimum atomic E-state index is -3.65. The van der Waals surface area contributed by atoms with Gasteiger partial charge >= 0.3 is 5.97 Å². The third-order valence-electron chi connectivity index (χ3n) is 3.87. The Kier molecular flexibility index (Phi) is 7.12. The molecule has 2 aromatic carbocycles. The number of carbonyl (C=O) groups excluding carboxylic acids is 2. The average Bonchev–Trinajstić information content (AvgIpc) is 2.66. The number of hydrogen-bond acceptors (Lipinski definition) is 5. The van der Waals surface area contributed by atoms with Crippen molar-refractivity contribution in [2.75, 3.05) is 6.61 Å². The van der Waals surface area contributed by atoms with E-state index in [9.17, 15) is 18.0 Å². The molecule has 6 nitrogen and oxygen atoms in total. The fraction of sp³-hybridized carbons (Fsp3) is 0.263. The summed E-state index contributed by atoms with van der Waals surface area (Å²) in [5.41, 5.74) is 0.533. The molecule has 0 radical (unpaired) electrons. The zero-order chi connectivity index (χ0) is 20.0. The van der Waals surface area contributed by atoms with E-state index in [1.807, 2.05) is 6.92 Å². The van der Waals surface area contributed by atoms with Gasteiger partial charge in [-0.2, -0.15) is 0 Å². The maximum absolute atomic E-state index is 12.2. The van der Waals surface area contributed by atoms with E-state index in [0.717, 1.165) is 0 Å². The van der Waals surface area contributed by atoms with Crippen LogP contribution in [0.25, 0.3) is 0 Å². The van der Waals surface area contributed by atoms with Gasteiger partial charge in [0.25, 0.3) is 0 Å². The Balaban J connectivity index is 1.99. The predicted octanol–water partition coefficient (Wildman–Crippen LogP) is 3.46. The summed E-state index contributed by atoms with van der Waals surface area (Å²) in [6.45, 7) is 3.22. The molecule has 1 unspecified atom stereocenters. The lowest BCUT2D eigenvalue weighted by atomic mass is 10.1. The summed E-state index contributed by atoms with van der Waals surface area (Å²) >= 11 is 5.76. The van der Waals surface area contributed by atoms with Crippen LogP contribution < -0.4 is 4.72 Å². The van der Waals surface area contributed by atoms with E-state index in [2.05, 4.69) is 4.72 Å². The lowest BCUT2D eigenvalue weighted by molar-refractivity contribution is 0.0474. The maximum Gasteiger partial charge on any atom is 0.338 e. The summed E-state index contributed by atoms with van der Waals surface area (Å²) in [5, 5.41) is 0.501. The fourth-order valence-electron chi connectivity index (χ4n) is 2.12. The van der Waals surface area contributed by atoms with Crippen molar-refractivity contribution in [3.05, 3.63) is 64.7 Å². The molecule has 0 bridgehead atoms. The first kappa shape index (κ1) is 21.1. The number of carbonyl (C=O) groups is 2. The predicted molar refractivity (Wildman–Crippen MR) is 103 cm³/mol. The van der Waals surface area contributed by atoms with Crippen molar-refractivity contribution in [1.29, 1.82) is 0 Å². The molecule has 0 aromatic heterocycles. The van der Waals surface area contributed by atoms with E-state index in [1.165, 1.54) is 24.3 Å². The van der Waals surface area contributed by atoms with Gasteiger partial charge in [0.2, 0.25) is 10.0 Å². The number of Topliss-reactive ketones (excluding diaryl/α,β-unsaturated/α-hetero) is 1. The third kappa shape index (κ3) is 5.89. The summed E-state index contributed by atoms with van der Waals surface area (Å²) in [6.07, 6.45) is 0.658. The number of esters is 1. The molecule has 0 heterocycles. The Morgan fingerprint density at radius 1 is 1.04 bits per heavy atom. The fourth-order valence-corrected chi connectivity index (χ4v) is 3.57. The topological polar surface area (TPSA) is 89.5 Å². The largest absolute Gasteiger partial charge is 0.454 e. The number of sulfonamides is 1. The molecule has 0 spiro atoms. The van der Waals surface area contributed by atoms with Gasteiger partial charge in [0.05, 0.1) is 10.5 Å². The highest BCUT2D eigenvalue weighted by molar-refractivity contribution is 7.89. The summed E-state index contributed by atoms with van der Waals surface area (Å²) < 4.78 is 31.9. The summed E-state index contributed by atoms with van der Waals surface area (Å²) in [5.74, 6) is -1.08. The van der Waals surface area contributed by atoms with Crippen molar-refractivity contribution in [2.45, 2.75) is 31.2 Å². The molecule has 2 rings (SSSR count). The second-order valence-corrected chi connectivity index (χ2v) is 8.11. The minimum Gasteiger partial charge on any atom is -0.454 e. The molecule has 144 valence electrons. The number of halogens is 1. The van der Waals surface area contributed by atoms with Crippen molar-refractivity contribution in [1.82, 2.24) is 4.72 Å². The minimum absolute atomic E-state index is 0.0524. The van der Waals surface area contributed by atoms with Crippen LogP contribution in [0.5, 0.6) is 0 Å². The molecule has 1 atom stereocenters. The van der Waals surface area contributed by atoms with Crippen molar-refractivity contribution in [2.24, 2.45) is 0 Å². The van der Waals surface area contributed by atoms with Crippen LogP contribution in [0.1, 0.15) is 41.0 Å². The van der Waals surface area contributed by atoms with Gasteiger partial charge in [-0.3, -0.25) is 4.79 Å². The third-order valence-corrected chi connectivity index (χ3v) is 5.73. The van der Waals surface area contributed by atoms with E-state index in [-0.39, 0.29) is 22.3 Å². The summed E-state index contributed by atoms with van der Waals surface area (Å²) in [7, 11) is -3.65. The molecule has 0 amide bonds. The van der Waals surface area contributed by atoms with Gasteiger partial charge in [-0.1, -0.05) is 18.5 Å². The van der Waals surface area contributed by atoms with Gasteiger partial charge in [-0.15, -0.1) is 0 Å². The van der Waals surface area contributed by atoms with Crippen LogP contribution >= 0.6 is 11.6 Å². The number of hydrogen-bond donors (Lipinski definition) is 1. The summed E-state index contributed by atoms with van der Waals surface area (Å²) in [4.78, 5) is 24.1. The average molecular weight is 410 g/mol. The van der Waals surface area contributed by atoms with Crippen LogP contribution in [0.3, 0.4) is 0 Å². The highest BCUT2D eigenvalue weighted by atomic mass is 35.5. The van der Waals surface area contributed by atoms with Gasteiger partial charge in [0.15, 0.2) is 12.4 Å². The maximum atomic E-state index is 12.2. The van der Waals surface area contributed by atoms with Crippen molar-refractivity contribution < 1.29 is 22.7 Å². The molecule has 2 aromatic rings.